The molecule has 0 bridgehead atoms. The lowest BCUT2D eigenvalue weighted by molar-refractivity contribution is 0.411. The summed E-state index contributed by atoms with van der Waals surface area (Å²) in [5.74, 6) is 1.70. The molecule has 29 heavy (non-hydrogen) atoms. The average Bonchev–Trinajstić information content (AvgIpc) is 3.27. The second-order valence-corrected chi connectivity index (χ2v) is 6.41. The third-order valence-electron chi connectivity index (χ3n) is 4.48. The molecule has 0 spiro atoms. The van der Waals surface area contributed by atoms with Gasteiger partial charge in [0.25, 0.3) is 0 Å². The average molecular weight is 506 g/mol. The number of nitrogens with one attached hydrogen (secondary N) is 2. The molecule has 1 aromatic heterocycles. The van der Waals surface area contributed by atoms with Crippen LogP contribution in [0.4, 0.5) is 0 Å². The number of methoxy groups -OCH3 is 1. The standard InChI is InChI=1S/C21H26N6O.HI/c1-16-4-5-17(12-20(16)28-3)10-11-24-21(22-2)25-13-18-6-8-19(9-7-18)27-15-23-14-26-27;/h4-9,12,14-15H,10-11,13H2,1-3H3,(H2,22,24,25);1H. The monoisotopic (exact) mass is 506 g/mol. The first-order chi connectivity index (χ1) is 13.7. The van der Waals surface area contributed by atoms with E-state index < -0.39 is 0 Å². The second kappa shape index (κ2) is 11.4. The second-order valence-electron chi connectivity index (χ2n) is 6.41. The van der Waals surface area contributed by atoms with Crippen LogP contribution in [0.3, 0.4) is 0 Å². The molecule has 0 amide bonds. The zero-order valence-corrected chi connectivity index (χ0v) is 19.3. The van der Waals surface area contributed by atoms with Crippen LogP contribution < -0.4 is 15.4 Å². The number of halogens is 1. The Morgan fingerprint density at radius 1 is 1.10 bits per heavy atom. The Labute approximate surface area is 188 Å². The van der Waals surface area contributed by atoms with Crippen molar-refractivity contribution in [2.45, 2.75) is 19.9 Å². The van der Waals surface area contributed by atoms with Crippen molar-refractivity contribution in [3.8, 4) is 11.4 Å². The third-order valence-corrected chi connectivity index (χ3v) is 4.48. The Bertz CT molecular complexity index is 909. The van der Waals surface area contributed by atoms with Crippen LogP contribution in [0.25, 0.3) is 5.69 Å². The first-order valence-electron chi connectivity index (χ1n) is 9.21. The van der Waals surface area contributed by atoms with Crippen molar-refractivity contribution in [1.82, 2.24) is 25.4 Å². The number of guanidine groups is 1. The van der Waals surface area contributed by atoms with Crippen LogP contribution in [-0.4, -0.2) is 41.4 Å². The number of benzene rings is 2. The Kier molecular flexibility index (Phi) is 8.91. The highest BCUT2D eigenvalue weighted by Crippen LogP contribution is 2.19. The summed E-state index contributed by atoms with van der Waals surface area (Å²) >= 11 is 0. The van der Waals surface area contributed by atoms with Crippen LogP contribution in [0.2, 0.25) is 0 Å². The number of aliphatic imine (C=N–C) groups is 1. The summed E-state index contributed by atoms with van der Waals surface area (Å²) in [6, 6.07) is 14.5. The lowest BCUT2D eigenvalue weighted by atomic mass is 10.1. The SMILES string of the molecule is CN=C(NCCc1ccc(C)c(OC)c1)NCc1ccc(-n2cncn2)cc1.I. The molecule has 0 aliphatic heterocycles. The van der Waals surface area contributed by atoms with E-state index in [1.54, 1.807) is 25.2 Å². The van der Waals surface area contributed by atoms with Gasteiger partial charge in [0.1, 0.15) is 18.4 Å². The van der Waals surface area contributed by atoms with Gasteiger partial charge in [-0.3, -0.25) is 4.99 Å². The van der Waals surface area contributed by atoms with Gasteiger partial charge in [-0.1, -0.05) is 24.3 Å². The molecule has 0 fully saturated rings. The van der Waals surface area contributed by atoms with E-state index in [2.05, 4.69) is 56.0 Å². The Hall–Kier alpha value is -2.62. The predicted molar refractivity (Wildman–Crippen MR) is 126 cm³/mol. The van der Waals surface area contributed by atoms with Gasteiger partial charge >= 0.3 is 0 Å². The number of aromatic nitrogens is 3. The molecule has 8 heteroatoms. The van der Waals surface area contributed by atoms with Gasteiger partial charge in [-0.25, -0.2) is 9.67 Å². The summed E-state index contributed by atoms with van der Waals surface area (Å²) in [4.78, 5) is 8.25. The fourth-order valence-corrected chi connectivity index (χ4v) is 2.86. The van der Waals surface area contributed by atoms with Crippen molar-refractivity contribution in [2.24, 2.45) is 4.99 Å². The largest absolute Gasteiger partial charge is 0.496 e. The fourth-order valence-electron chi connectivity index (χ4n) is 2.86. The predicted octanol–water partition coefficient (Wildman–Crippen LogP) is 3.11. The molecule has 0 aliphatic rings. The first-order valence-corrected chi connectivity index (χ1v) is 9.21. The fraction of sp³-hybridized carbons (Fsp3) is 0.286. The molecule has 2 N–H and O–H groups in total. The van der Waals surface area contributed by atoms with Crippen molar-refractivity contribution in [2.75, 3.05) is 20.7 Å². The van der Waals surface area contributed by atoms with Gasteiger partial charge in [0.2, 0.25) is 0 Å². The highest BCUT2D eigenvalue weighted by molar-refractivity contribution is 14.0. The summed E-state index contributed by atoms with van der Waals surface area (Å²) in [6.45, 7) is 3.53. The quantitative estimate of drug-likeness (QED) is 0.293. The molecule has 0 saturated heterocycles. The van der Waals surface area contributed by atoms with E-state index in [4.69, 9.17) is 4.74 Å². The van der Waals surface area contributed by atoms with Crippen molar-refractivity contribution >= 4 is 29.9 Å². The molecule has 3 rings (SSSR count). The zero-order chi connectivity index (χ0) is 19.8. The van der Waals surface area contributed by atoms with Crippen LogP contribution in [-0.2, 0) is 13.0 Å². The van der Waals surface area contributed by atoms with Crippen molar-refractivity contribution in [3.63, 3.8) is 0 Å². The molecule has 0 saturated carbocycles. The van der Waals surface area contributed by atoms with Gasteiger partial charge in [0.15, 0.2) is 5.96 Å². The number of hydrogen-bond donors (Lipinski definition) is 2. The molecular formula is C21H27IN6O. The minimum absolute atomic E-state index is 0. The Morgan fingerprint density at radius 2 is 1.86 bits per heavy atom. The van der Waals surface area contributed by atoms with Crippen LogP contribution in [0.5, 0.6) is 5.75 Å². The third kappa shape index (κ3) is 6.45. The van der Waals surface area contributed by atoms with E-state index in [-0.39, 0.29) is 24.0 Å². The zero-order valence-electron chi connectivity index (χ0n) is 16.9. The maximum atomic E-state index is 5.39. The van der Waals surface area contributed by atoms with E-state index >= 15 is 0 Å². The minimum Gasteiger partial charge on any atom is -0.496 e. The van der Waals surface area contributed by atoms with Gasteiger partial charge in [0, 0.05) is 20.1 Å². The van der Waals surface area contributed by atoms with Gasteiger partial charge in [-0.05, 0) is 48.2 Å². The maximum absolute atomic E-state index is 5.39. The highest BCUT2D eigenvalue weighted by Gasteiger charge is 2.03. The topological polar surface area (TPSA) is 76.4 Å². The normalized spacial score (nSPS) is 10.9. The van der Waals surface area contributed by atoms with E-state index in [9.17, 15) is 0 Å². The first kappa shape index (κ1) is 22.7. The van der Waals surface area contributed by atoms with E-state index in [1.165, 1.54) is 11.9 Å². The number of nitrogens with zero attached hydrogens (tertiary/aromatic N) is 4. The lowest BCUT2D eigenvalue weighted by Gasteiger charge is -2.13. The molecule has 7 nitrogen and oxygen atoms in total. The molecule has 154 valence electrons. The summed E-state index contributed by atoms with van der Waals surface area (Å²) in [7, 11) is 3.48. The summed E-state index contributed by atoms with van der Waals surface area (Å²) in [5, 5.41) is 10.8. The van der Waals surface area contributed by atoms with E-state index in [0.717, 1.165) is 41.5 Å². The molecule has 0 radical (unpaired) electrons. The van der Waals surface area contributed by atoms with Gasteiger partial charge in [-0.15, -0.1) is 24.0 Å². The summed E-state index contributed by atoms with van der Waals surface area (Å²) in [5.41, 5.74) is 4.52. The Morgan fingerprint density at radius 3 is 2.52 bits per heavy atom. The number of rotatable bonds is 7. The van der Waals surface area contributed by atoms with Crippen molar-refractivity contribution in [1.29, 1.82) is 0 Å². The maximum Gasteiger partial charge on any atom is 0.191 e. The highest BCUT2D eigenvalue weighted by atomic mass is 127. The number of ether oxygens (including phenoxy) is 1. The molecule has 0 atom stereocenters. The smallest absolute Gasteiger partial charge is 0.191 e. The van der Waals surface area contributed by atoms with Crippen LogP contribution in [0.1, 0.15) is 16.7 Å². The number of aryl methyl sites for hydroxylation is 1. The lowest BCUT2D eigenvalue weighted by Crippen LogP contribution is -2.37. The van der Waals surface area contributed by atoms with Gasteiger partial charge < -0.3 is 15.4 Å². The van der Waals surface area contributed by atoms with E-state index in [0.29, 0.717) is 6.54 Å². The number of hydrogen-bond acceptors (Lipinski definition) is 4. The van der Waals surface area contributed by atoms with Crippen LogP contribution in [0, 0.1) is 6.92 Å². The molecule has 2 aromatic carbocycles. The van der Waals surface area contributed by atoms with Crippen molar-refractivity contribution in [3.05, 3.63) is 71.8 Å². The molecule has 0 unspecified atom stereocenters. The molecule has 1 heterocycles. The van der Waals surface area contributed by atoms with Crippen molar-refractivity contribution < 1.29 is 4.74 Å². The van der Waals surface area contributed by atoms with Gasteiger partial charge in [-0.2, -0.15) is 5.10 Å². The molecule has 3 aromatic rings. The molecule has 0 aliphatic carbocycles. The van der Waals surface area contributed by atoms with Gasteiger partial charge in [0.05, 0.1) is 12.8 Å². The minimum atomic E-state index is 0. The van der Waals surface area contributed by atoms with E-state index in [1.807, 2.05) is 19.1 Å². The Balaban J connectivity index is 0.00000300. The summed E-state index contributed by atoms with van der Waals surface area (Å²) in [6.07, 6.45) is 4.10. The summed E-state index contributed by atoms with van der Waals surface area (Å²) < 4.78 is 7.12. The molecular weight excluding hydrogens is 479 g/mol. The van der Waals surface area contributed by atoms with Crippen LogP contribution >= 0.6 is 24.0 Å². The van der Waals surface area contributed by atoms with Crippen LogP contribution in [0.15, 0.2) is 60.1 Å².